The van der Waals surface area contributed by atoms with Crippen molar-refractivity contribution in [2.45, 2.75) is 33.7 Å². The maximum atomic E-state index is 13.9. The summed E-state index contributed by atoms with van der Waals surface area (Å²) in [5.41, 5.74) is 10.9. The number of terminal acetylenes is 1. The maximum absolute atomic E-state index is 13.9. The second-order valence-electron chi connectivity index (χ2n) is 10.2. The lowest BCUT2D eigenvalue weighted by molar-refractivity contribution is 0.149. The van der Waals surface area contributed by atoms with E-state index >= 15 is 0 Å². The summed E-state index contributed by atoms with van der Waals surface area (Å²) in [5.74, 6) is 2.67. The van der Waals surface area contributed by atoms with Crippen molar-refractivity contribution < 1.29 is 9.13 Å². The molecule has 196 valence electrons. The molecular formula is C28H31FN8O. The third-order valence-electron chi connectivity index (χ3n) is 6.13. The van der Waals surface area contributed by atoms with E-state index in [4.69, 9.17) is 11.2 Å². The fraction of sp³-hybridized carbons (Fsp3) is 0.321. The molecule has 4 N–H and O–H groups in total. The highest BCUT2D eigenvalue weighted by molar-refractivity contribution is 5.99. The number of hydrazine groups is 2. The predicted molar refractivity (Wildman–Crippen MR) is 146 cm³/mol. The Balaban J connectivity index is 1.90. The number of aromatic nitrogens is 2. The van der Waals surface area contributed by atoms with Crippen molar-refractivity contribution in [3.63, 3.8) is 0 Å². The van der Waals surface area contributed by atoms with Gasteiger partial charge in [0.15, 0.2) is 0 Å². The van der Waals surface area contributed by atoms with E-state index in [9.17, 15) is 9.65 Å². The van der Waals surface area contributed by atoms with Crippen molar-refractivity contribution >= 4 is 22.3 Å². The van der Waals surface area contributed by atoms with Crippen LogP contribution in [0.25, 0.3) is 10.9 Å². The first kappa shape index (κ1) is 26.5. The molecule has 38 heavy (non-hydrogen) atoms. The summed E-state index contributed by atoms with van der Waals surface area (Å²) in [6, 6.07) is 8.36. The molecule has 1 aliphatic rings. The second-order valence-corrected chi connectivity index (χ2v) is 10.2. The highest BCUT2D eigenvalue weighted by atomic mass is 19.1. The lowest BCUT2D eigenvalue weighted by atomic mass is 9.96. The zero-order valence-corrected chi connectivity index (χ0v) is 22.3. The second kappa shape index (κ2) is 10.4. The summed E-state index contributed by atoms with van der Waals surface area (Å²) < 4.78 is 19.5. The monoisotopic (exact) mass is 514 g/mol. The van der Waals surface area contributed by atoms with E-state index in [1.165, 1.54) is 6.07 Å². The fourth-order valence-corrected chi connectivity index (χ4v) is 4.31. The van der Waals surface area contributed by atoms with Crippen LogP contribution in [-0.2, 0) is 4.74 Å². The number of anilines is 2. The average Bonchev–Trinajstić information content (AvgIpc) is 3.25. The lowest BCUT2D eigenvalue weighted by Crippen LogP contribution is -2.36. The van der Waals surface area contributed by atoms with Crippen LogP contribution in [0.15, 0.2) is 42.0 Å². The first-order chi connectivity index (χ1) is 18.1. The third-order valence-corrected chi connectivity index (χ3v) is 6.13. The molecule has 0 unspecified atom stereocenters. The van der Waals surface area contributed by atoms with Gasteiger partial charge in [0.1, 0.15) is 17.8 Å². The van der Waals surface area contributed by atoms with Gasteiger partial charge in [0.05, 0.1) is 29.4 Å². The molecule has 0 fully saturated rings. The zero-order valence-electron chi connectivity index (χ0n) is 22.3. The number of methoxy groups -OCH3 is 1. The maximum Gasteiger partial charge on any atom is 0.228 e. The summed E-state index contributed by atoms with van der Waals surface area (Å²) in [7, 11) is 3.37. The summed E-state index contributed by atoms with van der Waals surface area (Å²) in [6.45, 7) is 8.77. The van der Waals surface area contributed by atoms with Crippen molar-refractivity contribution in [1.82, 2.24) is 25.9 Å². The van der Waals surface area contributed by atoms with Gasteiger partial charge in [-0.25, -0.2) is 4.98 Å². The van der Waals surface area contributed by atoms with Crippen LogP contribution in [0.2, 0.25) is 0 Å². The molecule has 0 aliphatic carbocycles. The standard InChI is InChI=1S/C28H31FN8O/c1-8-17-14-31-24-18(13-30)11-19(12-21(24)23(17)32-15-28(3,4)5)34-25(20-9-10-22(29)33-16(20)2)26-27(38-7)37(6)36-35-26/h1,9-12,14,25,34-36H,15H2,2-7H3,(H,31,32)/t25-/m0/s1. The Morgan fingerprint density at radius 1 is 1.26 bits per heavy atom. The number of nitriles is 1. The van der Waals surface area contributed by atoms with Crippen LogP contribution >= 0.6 is 0 Å². The van der Waals surface area contributed by atoms with Crippen LogP contribution in [0.1, 0.15) is 49.2 Å². The van der Waals surface area contributed by atoms with Gasteiger partial charge in [-0.3, -0.25) is 9.99 Å². The van der Waals surface area contributed by atoms with Crippen molar-refractivity contribution in [1.29, 1.82) is 5.26 Å². The molecule has 0 spiro atoms. The number of nitrogens with one attached hydrogen (secondary N) is 4. The predicted octanol–water partition coefficient (Wildman–Crippen LogP) is 4.31. The van der Waals surface area contributed by atoms with Gasteiger partial charge >= 0.3 is 0 Å². The highest BCUT2D eigenvalue weighted by Gasteiger charge is 2.30. The topological polar surface area (TPSA) is 110 Å². The first-order valence-corrected chi connectivity index (χ1v) is 12.1. The molecule has 1 atom stereocenters. The van der Waals surface area contributed by atoms with Crippen molar-refractivity contribution in [2.75, 3.05) is 31.3 Å². The number of pyridine rings is 2. The number of nitrogens with zero attached hydrogens (tertiary/aromatic N) is 4. The van der Waals surface area contributed by atoms with Gasteiger partial charge in [0.2, 0.25) is 11.8 Å². The number of hydrogen-bond acceptors (Lipinski definition) is 9. The van der Waals surface area contributed by atoms with Gasteiger partial charge in [-0.2, -0.15) is 9.65 Å². The van der Waals surface area contributed by atoms with E-state index in [2.05, 4.69) is 64.3 Å². The minimum Gasteiger partial charge on any atom is -0.480 e. The molecule has 4 rings (SSSR count). The largest absolute Gasteiger partial charge is 0.480 e. The van der Waals surface area contributed by atoms with E-state index in [0.29, 0.717) is 46.1 Å². The van der Waals surface area contributed by atoms with Gasteiger partial charge in [-0.05, 0) is 30.5 Å². The molecule has 2 aromatic heterocycles. The smallest absolute Gasteiger partial charge is 0.228 e. The molecule has 0 saturated heterocycles. The van der Waals surface area contributed by atoms with Crippen LogP contribution < -0.4 is 21.6 Å². The fourth-order valence-electron chi connectivity index (χ4n) is 4.31. The van der Waals surface area contributed by atoms with Gasteiger partial charge in [-0.15, -0.1) is 12.0 Å². The molecule has 9 nitrogen and oxygen atoms in total. The van der Waals surface area contributed by atoms with Crippen molar-refractivity contribution in [2.24, 2.45) is 5.41 Å². The Labute approximate surface area is 222 Å². The van der Waals surface area contributed by atoms with E-state index in [1.54, 1.807) is 44.4 Å². The summed E-state index contributed by atoms with van der Waals surface area (Å²) in [4.78, 5) is 8.52. The Morgan fingerprint density at radius 2 is 2.03 bits per heavy atom. The van der Waals surface area contributed by atoms with E-state index in [0.717, 1.165) is 16.6 Å². The normalized spacial score (nSPS) is 14.1. The van der Waals surface area contributed by atoms with Crippen LogP contribution in [-0.4, -0.2) is 35.7 Å². The molecule has 3 heterocycles. The van der Waals surface area contributed by atoms with E-state index < -0.39 is 12.0 Å². The lowest BCUT2D eigenvalue weighted by Gasteiger charge is -2.24. The highest BCUT2D eigenvalue weighted by Crippen LogP contribution is 2.35. The average molecular weight is 515 g/mol. The summed E-state index contributed by atoms with van der Waals surface area (Å²) in [5, 5.41) is 19.4. The molecule has 0 amide bonds. The third kappa shape index (κ3) is 5.26. The molecule has 0 bridgehead atoms. The first-order valence-electron chi connectivity index (χ1n) is 12.1. The number of hydrogen-bond donors (Lipinski definition) is 4. The van der Waals surface area contributed by atoms with Gasteiger partial charge in [0, 0.05) is 42.1 Å². The summed E-state index contributed by atoms with van der Waals surface area (Å²) in [6.07, 6.45) is 7.42. The minimum absolute atomic E-state index is 0.0101. The van der Waals surface area contributed by atoms with Crippen LogP contribution in [0.3, 0.4) is 0 Å². The van der Waals surface area contributed by atoms with Gasteiger partial charge in [-0.1, -0.05) is 32.8 Å². The molecule has 0 saturated carbocycles. The Bertz CT molecular complexity index is 1500. The van der Waals surface area contributed by atoms with Crippen molar-refractivity contribution in [3.8, 4) is 18.4 Å². The Kier molecular flexibility index (Phi) is 7.29. The number of fused-ring (bicyclic) bond motifs is 1. The van der Waals surface area contributed by atoms with E-state index in [1.807, 2.05) is 6.07 Å². The Morgan fingerprint density at radius 3 is 2.66 bits per heavy atom. The summed E-state index contributed by atoms with van der Waals surface area (Å²) >= 11 is 0. The van der Waals surface area contributed by atoms with Crippen LogP contribution in [0, 0.1) is 42.0 Å². The molecule has 3 aromatic rings. The van der Waals surface area contributed by atoms with Gasteiger partial charge in [0.25, 0.3) is 0 Å². The van der Waals surface area contributed by atoms with Crippen LogP contribution in [0.5, 0.6) is 0 Å². The number of aryl methyl sites for hydroxylation is 1. The quantitative estimate of drug-likeness (QED) is 0.271. The SMILES string of the molecule is C#Cc1cnc2c(C#N)cc(N[C@H](C3=C(OC)N(C)NN3)c3ccc(F)nc3C)cc2c1NCC(C)(C)C. The van der Waals surface area contributed by atoms with Crippen LogP contribution in [0.4, 0.5) is 15.8 Å². The number of benzene rings is 1. The zero-order chi connectivity index (χ0) is 27.6. The molecule has 0 radical (unpaired) electrons. The molecule has 1 aliphatic heterocycles. The number of rotatable bonds is 7. The van der Waals surface area contributed by atoms with E-state index in [-0.39, 0.29) is 5.41 Å². The van der Waals surface area contributed by atoms with Gasteiger partial charge < -0.3 is 20.8 Å². The Hall–Kier alpha value is -4.54. The molecular weight excluding hydrogens is 483 g/mol. The minimum atomic E-state index is -0.569. The number of halogens is 1. The molecule has 1 aromatic carbocycles. The molecule has 10 heteroatoms. The van der Waals surface area contributed by atoms with Crippen molar-refractivity contribution in [3.05, 3.63) is 70.4 Å². The number of ether oxygens (including phenoxy) is 1.